The van der Waals surface area contributed by atoms with E-state index in [0.29, 0.717) is 24.0 Å². The van der Waals surface area contributed by atoms with E-state index in [9.17, 15) is 9.59 Å². The van der Waals surface area contributed by atoms with Crippen LogP contribution in [0, 0.1) is 0 Å². The number of carbonyl (C=O) groups is 2. The monoisotopic (exact) mass is 296 g/mol. The van der Waals surface area contributed by atoms with Crippen molar-refractivity contribution in [2.24, 2.45) is 0 Å². The first kappa shape index (κ1) is 13.3. The van der Waals surface area contributed by atoms with Gasteiger partial charge < -0.3 is 9.47 Å². The van der Waals surface area contributed by atoms with Crippen LogP contribution < -0.4 is 0 Å². The largest absolute Gasteiger partial charge is 0.478 e. The molecule has 2 unspecified atom stereocenters. The highest BCUT2D eigenvalue weighted by Crippen LogP contribution is 2.53. The fourth-order valence-corrected chi connectivity index (χ4v) is 3.84. The van der Waals surface area contributed by atoms with Crippen LogP contribution >= 0.6 is 0 Å². The third kappa shape index (κ3) is 1.33. The molecular weight excluding hydrogens is 280 g/mol. The molecule has 1 heterocycles. The van der Waals surface area contributed by atoms with Gasteiger partial charge in [0.15, 0.2) is 0 Å². The maximum absolute atomic E-state index is 13.2. The summed E-state index contributed by atoms with van der Waals surface area (Å²) in [5.74, 6) is -0.335. The minimum atomic E-state index is -1.28. The lowest BCUT2D eigenvalue weighted by Crippen LogP contribution is -2.70. The van der Waals surface area contributed by atoms with Crippen LogP contribution in [0.2, 0.25) is 0 Å². The van der Waals surface area contributed by atoms with Crippen LogP contribution in [0.25, 0.3) is 0 Å². The zero-order valence-electron chi connectivity index (χ0n) is 12.5. The van der Waals surface area contributed by atoms with Gasteiger partial charge in [0.1, 0.15) is 12.5 Å². The van der Waals surface area contributed by atoms with Gasteiger partial charge in [-0.05, 0) is 13.8 Å². The van der Waals surface area contributed by atoms with E-state index in [4.69, 9.17) is 9.47 Å². The van der Waals surface area contributed by atoms with E-state index in [1.54, 1.807) is 24.3 Å². The molecule has 0 radical (unpaired) electrons. The Morgan fingerprint density at radius 2 is 1.23 bits per heavy atom. The topological polar surface area (TPSA) is 52.6 Å². The molecule has 22 heavy (non-hydrogen) atoms. The van der Waals surface area contributed by atoms with Crippen molar-refractivity contribution < 1.29 is 19.1 Å². The van der Waals surface area contributed by atoms with Crippen molar-refractivity contribution in [3.8, 4) is 0 Å². The molecule has 1 aromatic rings. The quantitative estimate of drug-likeness (QED) is 0.690. The molecule has 112 valence electrons. The average Bonchev–Trinajstić information content (AvgIpc) is 2.53. The Morgan fingerprint density at radius 3 is 1.64 bits per heavy atom. The molecule has 3 aliphatic rings. The number of hydrogen-bond donors (Lipinski definition) is 0. The summed E-state index contributed by atoms with van der Waals surface area (Å²) in [6.45, 7) is 3.96. The van der Waals surface area contributed by atoms with Crippen LogP contribution in [0.4, 0.5) is 0 Å². The van der Waals surface area contributed by atoms with E-state index in [-0.39, 0.29) is 11.6 Å². The zero-order chi connectivity index (χ0) is 15.5. The molecule has 0 N–H and O–H groups in total. The summed E-state index contributed by atoms with van der Waals surface area (Å²) in [5.41, 5.74) is 0.446. The second kappa shape index (κ2) is 4.09. The average molecular weight is 296 g/mol. The standard InChI is InChI=1S/C18H16O4/c1-11-9-17-15(19)13-5-3-4-6-14(13)16(20)18(17,10-12(11)2)22-8-7-21-17/h3-8H,9-10H2,1-2H3. The summed E-state index contributed by atoms with van der Waals surface area (Å²) < 4.78 is 11.6. The van der Waals surface area contributed by atoms with Gasteiger partial charge in [0.25, 0.3) is 0 Å². The summed E-state index contributed by atoms with van der Waals surface area (Å²) >= 11 is 0. The van der Waals surface area contributed by atoms with E-state index in [2.05, 4.69) is 0 Å². The van der Waals surface area contributed by atoms with Crippen molar-refractivity contribution >= 4 is 11.6 Å². The highest BCUT2D eigenvalue weighted by molar-refractivity contribution is 6.22. The van der Waals surface area contributed by atoms with Crippen LogP contribution in [0.1, 0.15) is 47.4 Å². The Kier molecular flexibility index (Phi) is 2.48. The van der Waals surface area contributed by atoms with Crippen molar-refractivity contribution in [1.82, 2.24) is 0 Å². The van der Waals surface area contributed by atoms with Crippen molar-refractivity contribution in [1.29, 1.82) is 0 Å². The van der Waals surface area contributed by atoms with Crippen LogP contribution in [0.15, 0.2) is 47.9 Å². The summed E-state index contributed by atoms with van der Waals surface area (Å²) in [4.78, 5) is 26.4. The SMILES string of the molecule is CC1=C(C)CC23OC=COC2(C1)C(=O)c1ccccc1C3=O. The minimum absolute atomic E-state index is 0.168. The first-order chi connectivity index (χ1) is 10.5. The second-order valence-corrected chi connectivity index (χ2v) is 6.28. The van der Waals surface area contributed by atoms with Crippen LogP contribution in [0.3, 0.4) is 0 Å². The normalized spacial score (nSPS) is 32.6. The number of carbonyl (C=O) groups excluding carboxylic acids is 2. The van der Waals surface area contributed by atoms with Gasteiger partial charge >= 0.3 is 0 Å². The van der Waals surface area contributed by atoms with Crippen LogP contribution in [-0.4, -0.2) is 22.8 Å². The number of hydrogen-bond acceptors (Lipinski definition) is 4. The van der Waals surface area contributed by atoms with Crippen LogP contribution in [-0.2, 0) is 9.47 Å². The lowest BCUT2D eigenvalue weighted by atomic mass is 9.59. The van der Waals surface area contributed by atoms with Gasteiger partial charge in [0.2, 0.25) is 22.8 Å². The first-order valence-electron chi connectivity index (χ1n) is 7.36. The molecule has 0 saturated heterocycles. The predicted molar refractivity (Wildman–Crippen MR) is 79.5 cm³/mol. The summed E-state index contributed by atoms with van der Waals surface area (Å²) in [6.07, 6.45) is 3.51. The van der Waals surface area contributed by atoms with Gasteiger partial charge in [-0.1, -0.05) is 35.4 Å². The van der Waals surface area contributed by atoms with E-state index in [1.807, 2.05) is 13.8 Å². The molecule has 0 aromatic heterocycles. The lowest BCUT2D eigenvalue weighted by molar-refractivity contribution is -0.138. The molecule has 0 saturated carbocycles. The molecule has 0 spiro atoms. The number of ether oxygens (including phenoxy) is 2. The molecule has 1 aromatic carbocycles. The summed E-state index contributed by atoms with van der Waals surface area (Å²) in [6, 6.07) is 6.92. The summed E-state index contributed by atoms with van der Waals surface area (Å²) in [7, 11) is 0. The summed E-state index contributed by atoms with van der Waals surface area (Å²) in [5, 5.41) is 0. The van der Waals surface area contributed by atoms with E-state index >= 15 is 0 Å². The maximum Gasteiger partial charge on any atom is 0.221 e. The number of benzene rings is 1. The molecule has 1 aliphatic heterocycles. The maximum atomic E-state index is 13.2. The fraction of sp³-hybridized carbons (Fsp3) is 0.333. The molecule has 4 heteroatoms. The number of fused-ring (bicyclic) bond motifs is 1. The smallest absolute Gasteiger partial charge is 0.221 e. The molecule has 4 rings (SSSR count). The number of ketones is 2. The Balaban J connectivity index is 2.04. The van der Waals surface area contributed by atoms with Gasteiger partial charge in [-0.25, -0.2) is 0 Å². The second-order valence-electron chi connectivity index (χ2n) is 6.28. The molecule has 2 atom stereocenters. The molecule has 0 bridgehead atoms. The number of Topliss-reactive ketones (excluding diaryl/α,β-unsaturated/α-hetero) is 2. The Labute approximate surface area is 128 Å². The van der Waals surface area contributed by atoms with Gasteiger partial charge in [0, 0.05) is 24.0 Å². The van der Waals surface area contributed by atoms with Crippen molar-refractivity contribution in [3.05, 3.63) is 59.1 Å². The van der Waals surface area contributed by atoms with Crippen molar-refractivity contribution in [2.75, 3.05) is 0 Å². The molecule has 4 nitrogen and oxygen atoms in total. The third-order valence-electron chi connectivity index (χ3n) is 5.15. The molecule has 0 amide bonds. The van der Waals surface area contributed by atoms with Gasteiger partial charge in [-0.2, -0.15) is 0 Å². The lowest BCUT2D eigenvalue weighted by Gasteiger charge is -2.53. The van der Waals surface area contributed by atoms with Gasteiger partial charge in [-0.3, -0.25) is 9.59 Å². The Hall–Kier alpha value is -2.36. The Bertz CT molecular complexity index is 710. The fourth-order valence-electron chi connectivity index (χ4n) is 3.84. The highest BCUT2D eigenvalue weighted by Gasteiger charge is 2.70. The minimum Gasteiger partial charge on any atom is -0.478 e. The van der Waals surface area contributed by atoms with Gasteiger partial charge in [0.05, 0.1) is 0 Å². The van der Waals surface area contributed by atoms with Crippen molar-refractivity contribution in [2.45, 2.75) is 37.9 Å². The first-order valence-corrected chi connectivity index (χ1v) is 7.36. The predicted octanol–water partition coefficient (Wildman–Crippen LogP) is 3.19. The highest BCUT2D eigenvalue weighted by atomic mass is 16.6. The zero-order valence-corrected chi connectivity index (χ0v) is 12.5. The molecular formula is C18H16O4. The number of rotatable bonds is 0. The molecule has 2 aliphatic carbocycles. The van der Waals surface area contributed by atoms with Crippen LogP contribution in [0.5, 0.6) is 0 Å². The van der Waals surface area contributed by atoms with Crippen molar-refractivity contribution in [3.63, 3.8) is 0 Å². The van der Waals surface area contributed by atoms with E-state index in [1.165, 1.54) is 12.5 Å². The van der Waals surface area contributed by atoms with E-state index < -0.39 is 11.2 Å². The van der Waals surface area contributed by atoms with E-state index in [0.717, 1.165) is 11.1 Å². The Morgan fingerprint density at radius 1 is 0.818 bits per heavy atom. The molecule has 0 fully saturated rings. The third-order valence-corrected chi connectivity index (χ3v) is 5.15. The van der Waals surface area contributed by atoms with Gasteiger partial charge in [-0.15, -0.1) is 0 Å².